The molecule has 0 aliphatic rings. The lowest BCUT2D eigenvalue weighted by molar-refractivity contribution is 0.316. The summed E-state index contributed by atoms with van der Waals surface area (Å²) < 4.78 is 11.2. The molecule has 2 N–H and O–H groups in total. The van der Waals surface area contributed by atoms with Gasteiger partial charge in [-0.3, -0.25) is 0 Å². The third kappa shape index (κ3) is 3.42. The maximum absolute atomic E-state index is 5.65. The highest BCUT2D eigenvalue weighted by Crippen LogP contribution is 2.31. The van der Waals surface area contributed by atoms with Crippen molar-refractivity contribution in [2.24, 2.45) is 5.73 Å². The maximum atomic E-state index is 5.65. The van der Waals surface area contributed by atoms with Gasteiger partial charge in [0.15, 0.2) is 11.5 Å². The molecule has 5 heteroatoms. The molecule has 0 bridgehead atoms. The fourth-order valence-electron chi connectivity index (χ4n) is 1.61. The summed E-state index contributed by atoms with van der Waals surface area (Å²) in [5, 5.41) is 0. The Morgan fingerprint density at radius 3 is 2.74 bits per heavy atom. The van der Waals surface area contributed by atoms with Gasteiger partial charge in [-0.05, 0) is 37.6 Å². The summed E-state index contributed by atoms with van der Waals surface area (Å²) in [7, 11) is 0. The number of aromatic nitrogens is 2. The van der Waals surface area contributed by atoms with Crippen molar-refractivity contribution in [3.05, 3.63) is 41.7 Å². The van der Waals surface area contributed by atoms with E-state index in [1.165, 1.54) is 0 Å². The summed E-state index contributed by atoms with van der Waals surface area (Å²) >= 11 is 0. The largest absolute Gasteiger partial charge is 0.490 e. The van der Waals surface area contributed by atoms with Crippen LogP contribution in [-0.4, -0.2) is 16.6 Å². The molecule has 0 unspecified atom stereocenters. The van der Waals surface area contributed by atoms with Crippen molar-refractivity contribution in [3.8, 4) is 17.5 Å². The lowest BCUT2D eigenvalue weighted by Gasteiger charge is -2.11. The second kappa shape index (κ2) is 6.15. The lowest BCUT2D eigenvalue weighted by Crippen LogP contribution is -2.01. The van der Waals surface area contributed by atoms with Crippen molar-refractivity contribution in [3.63, 3.8) is 0 Å². The molecular weight excluding hydrogens is 242 g/mol. The summed E-state index contributed by atoms with van der Waals surface area (Å²) in [5.41, 5.74) is 7.45. The molecular formula is C14H17N3O2. The third-order valence-electron chi connectivity index (χ3n) is 2.52. The van der Waals surface area contributed by atoms with Crippen molar-refractivity contribution in [2.75, 3.05) is 6.61 Å². The summed E-state index contributed by atoms with van der Waals surface area (Å²) in [5.74, 6) is 1.24. The minimum atomic E-state index is 0.307. The number of hydrogen-bond donors (Lipinski definition) is 1. The van der Waals surface area contributed by atoms with Gasteiger partial charge >= 0.3 is 6.01 Å². The Hall–Kier alpha value is -2.14. The molecule has 1 heterocycles. The molecule has 1 aromatic heterocycles. The molecule has 0 atom stereocenters. The highest BCUT2D eigenvalue weighted by Gasteiger charge is 2.09. The molecule has 0 aliphatic heterocycles. The van der Waals surface area contributed by atoms with Crippen LogP contribution < -0.4 is 15.2 Å². The van der Waals surface area contributed by atoms with Gasteiger partial charge in [-0.2, -0.15) is 0 Å². The average Bonchev–Trinajstić information content (AvgIpc) is 2.41. The second-order valence-electron chi connectivity index (χ2n) is 4.00. The molecule has 0 radical (unpaired) electrons. The molecule has 0 saturated carbocycles. The predicted octanol–water partition coefficient (Wildman–Crippen LogP) is 2.43. The van der Waals surface area contributed by atoms with Crippen LogP contribution in [0.5, 0.6) is 17.5 Å². The number of ether oxygens (including phenoxy) is 2. The molecule has 0 fully saturated rings. The predicted molar refractivity (Wildman–Crippen MR) is 72.3 cm³/mol. The number of aryl methyl sites for hydroxylation is 1. The van der Waals surface area contributed by atoms with Gasteiger partial charge in [-0.1, -0.05) is 6.07 Å². The molecule has 0 spiro atoms. The van der Waals surface area contributed by atoms with Gasteiger partial charge in [0.1, 0.15) is 0 Å². The molecule has 0 amide bonds. The van der Waals surface area contributed by atoms with E-state index in [9.17, 15) is 0 Å². The van der Waals surface area contributed by atoms with E-state index in [0.29, 0.717) is 30.7 Å². The first-order valence-electron chi connectivity index (χ1n) is 6.16. The molecule has 2 rings (SSSR count). The molecule has 0 saturated heterocycles. The van der Waals surface area contributed by atoms with Crippen LogP contribution in [0.2, 0.25) is 0 Å². The number of rotatable bonds is 5. The molecule has 1 aromatic carbocycles. The SMILES string of the molecule is CCOc1cc(CN)ccc1Oc1nccc(C)n1. The fourth-order valence-corrected chi connectivity index (χ4v) is 1.61. The molecule has 0 aliphatic carbocycles. The van der Waals surface area contributed by atoms with Gasteiger partial charge in [0.05, 0.1) is 6.61 Å². The fraction of sp³-hybridized carbons (Fsp3) is 0.286. The van der Waals surface area contributed by atoms with Crippen LogP contribution >= 0.6 is 0 Å². The number of hydrogen-bond acceptors (Lipinski definition) is 5. The Morgan fingerprint density at radius 1 is 1.21 bits per heavy atom. The topological polar surface area (TPSA) is 70.3 Å². The summed E-state index contributed by atoms with van der Waals surface area (Å²) in [6.45, 7) is 4.82. The van der Waals surface area contributed by atoms with Gasteiger partial charge in [-0.25, -0.2) is 9.97 Å². The minimum absolute atomic E-state index is 0.307. The zero-order valence-electron chi connectivity index (χ0n) is 11.1. The van der Waals surface area contributed by atoms with E-state index in [4.69, 9.17) is 15.2 Å². The zero-order valence-corrected chi connectivity index (χ0v) is 11.1. The normalized spacial score (nSPS) is 10.3. The molecule has 2 aromatic rings. The number of nitrogens with zero attached hydrogens (tertiary/aromatic N) is 2. The monoisotopic (exact) mass is 259 g/mol. The van der Waals surface area contributed by atoms with E-state index >= 15 is 0 Å². The first-order valence-corrected chi connectivity index (χ1v) is 6.16. The van der Waals surface area contributed by atoms with E-state index in [0.717, 1.165) is 11.3 Å². The molecule has 5 nitrogen and oxygen atoms in total. The van der Waals surface area contributed by atoms with Gasteiger partial charge < -0.3 is 15.2 Å². The van der Waals surface area contributed by atoms with Crippen LogP contribution in [0.3, 0.4) is 0 Å². The first-order chi connectivity index (χ1) is 9.22. The van der Waals surface area contributed by atoms with Crippen LogP contribution in [0.4, 0.5) is 0 Å². The highest BCUT2D eigenvalue weighted by molar-refractivity contribution is 5.44. The summed E-state index contributed by atoms with van der Waals surface area (Å²) in [4.78, 5) is 8.26. The Labute approximate surface area is 112 Å². The van der Waals surface area contributed by atoms with Crippen molar-refractivity contribution in [1.29, 1.82) is 0 Å². The molecule has 100 valence electrons. The van der Waals surface area contributed by atoms with E-state index in [-0.39, 0.29) is 0 Å². The van der Waals surface area contributed by atoms with Crippen molar-refractivity contribution < 1.29 is 9.47 Å². The van der Waals surface area contributed by atoms with E-state index in [1.807, 2.05) is 38.1 Å². The summed E-state index contributed by atoms with van der Waals surface area (Å²) in [6, 6.07) is 7.70. The first kappa shape index (κ1) is 13.3. The van der Waals surface area contributed by atoms with Crippen molar-refractivity contribution in [2.45, 2.75) is 20.4 Å². The van der Waals surface area contributed by atoms with Crippen LogP contribution in [0, 0.1) is 6.92 Å². The standard InChI is InChI=1S/C14H17N3O2/c1-3-18-13-8-11(9-15)4-5-12(13)19-14-16-7-6-10(2)17-14/h4-8H,3,9,15H2,1-2H3. The Morgan fingerprint density at radius 2 is 2.05 bits per heavy atom. The molecule has 19 heavy (non-hydrogen) atoms. The quantitative estimate of drug-likeness (QED) is 0.893. The lowest BCUT2D eigenvalue weighted by atomic mass is 10.2. The number of benzene rings is 1. The highest BCUT2D eigenvalue weighted by atomic mass is 16.5. The third-order valence-corrected chi connectivity index (χ3v) is 2.52. The van der Waals surface area contributed by atoms with E-state index in [2.05, 4.69) is 9.97 Å². The maximum Gasteiger partial charge on any atom is 0.322 e. The Kier molecular flexibility index (Phi) is 4.30. The second-order valence-corrected chi connectivity index (χ2v) is 4.00. The van der Waals surface area contributed by atoms with Crippen LogP contribution in [0.25, 0.3) is 0 Å². The van der Waals surface area contributed by atoms with Crippen LogP contribution in [0.1, 0.15) is 18.2 Å². The smallest absolute Gasteiger partial charge is 0.322 e. The van der Waals surface area contributed by atoms with Gasteiger partial charge in [0.25, 0.3) is 0 Å². The van der Waals surface area contributed by atoms with Gasteiger partial charge in [0.2, 0.25) is 0 Å². The van der Waals surface area contributed by atoms with E-state index < -0.39 is 0 Å². The minimum Gasteiger partial charge on any atom is -0.490 e. The van der Waals surface area contributed by atoms with Crippen LogP contribution in [-0.2, 0) is 6.54 Å². The Bertz CT molecular complexity index is 558. The Balaban J connectivity index is 2.28. The van der Waals surface area contributed by atoms with Gasteiger partial charge in [-0.15, -0.1) is 0 Å². The average molecular weight is 259 g/mol. The van der Waals surface area contributed by atoms with Gasteiger partial charge in [0, 0.05) is 18.4 Å². The van der Waals surface area contributed by atoms with Crippen LogP contribution in [0.15, 0.2) is 30.5 Å². The van der Waals surface area contributed by atoms with E-state index in [1.54, 1.807) is 6.20 Å². The van der Waals surface area contributed by atoms with Crippen molar-refractivity contribution in [1.82, 2.24) is 9.97 Å². The number of nitrogens with two attached hydrogens (primary N) is 1. The van der Waals surface area contributed by atoms with Crippen molar-refractivity contribution >= 4 is 0 Å². The zero-order chi connectivity index (χ0) is 13.7. The summed E-state index contributed by atoms with van der Waals surface area (Å²) in [6.07, 6.45) is 1.66.